The Bertz CT molecular complexity index is 1170. The minimum Gasteiger partial charge on any atom is -0.399 e. The van der Waals surface area contributed by atoms with E-state index in [9.17, 15) is 10.1 Å². The molecule has 1 N–H and O–H groups in total. The molecule has 1 aromatic carbocycles. The molecule has 0 aliphatic carbocycles. The van der Waals surface area contributed by atoms with Gasteiger partial charge in [0.1, 0.15) is 16.4 Å². The maximum absolute atomic E-state index is 10.9. The average molecular weight is 409 g/mol. The highest BCUT2D eigenvalue weighted by molar-refractivity contribution is 6.30. The van der Waals surface area contributed by atoms with E-state index in [1.807, 2.05) is 6.07 Å². The van der Waals surface area contributed by atoms with Gasteiger partial charge < -0.3 is 4.42 Å². The van der Waals surface area contributed by atoms with Gasteiger partial charge in [0.05, 0.1) is 18.0 Å². The van der Waals surface area contributed by atoms with Crippen LogP contribution in [0.15, 0.2) is 76.5 Å². The van der Waals surface area contributed by atoms with Gasteiger partial charge in [-0.3, -0.25) is 15.5 Å². The van der Waals surface area contributed by atoms with Crippen LogP contribution in [0, 0.1) is 10.1 Å². The fourth-order valence-electron chi connectivity index (χ4n) is 2.55. The van der Waals surface area contributed by atoms with E-state index in [1.54, 1.807) is 53.5 Å². The van der Waals surface area contributed by atoms with E-state index in [2.05, 4.69) is 20.6 Å². The number of hydrogen-bond acceptors (Lipinski definition) is 7. The molecule has 0 atom stereocenters. The molecular weight excluding hydrogens is 396 g/mol. The van der Waals surface area contributed by atoms with Crippen LogP contribution in [-0.4, -0.2) is 25.9 Å². The Balaban J connectivity index is 1.70. The number of nitrogens with zero attached hydrogens (tertiary/aromatic N) is 5. The number of anilines is 1. The van der Waals surface area contributed by atoms with Crippen molar-refractivity contribution in [2.24, 2.45) is 5.10 Å². The van der Waals surface area contributed by atoms with Gasteiger partial charge in [0, 0.05) is 23.0 Å². The van der Waals surface area contributed by atoms with Crippen LogP contribution in [0.5, 0.6) is 0 Å². The molecule has 0 aliphatic heterocycles. The van der Waals surface area contributed by atoms with E-state index in [4.69, 9.17) is 16.0 Å². The molecule has 0 amide bonds. The van der Waals surface area contributed by atoms with Gasteiger partial charge in [-0.15, -0.1) is 0 Å². The molecule has 0 unspecified atom stereocenters. The van der Waals surface area contributed by atoms with Crippen molar-refractivity contribution in [2.75, 3.05) is 5.43 Å². The van der Waals surface area contributed by atoms with Gasteiger partial charge in [-0.1, -0.05) is 17.7 Å². The predicted octanol–water partition coefficient (Wildman–Crippen LogP) is 4.53. The third-order valence-corrected chi connectivity index (χ3v) is 4.14. The third-order valence-electron chi connectivity index (χ3n) is 3.89. The Kier molecular flexibility index (Phi) is 5.04. The first-order valence-electron chi connectivity index (χ1n) is 8.40. The Morgan fingerprint density at radius 1 is 1.17 bits per heavy atom. The first-order valence-corrected chi connectivity index (χ1v) is 8.78. The van der Waals surface area contributed by atoms with Crippen LogP contribution in [0.2, 0.25) is 5.02 Å². The van der Waals surface area contributed by atoms with Gasteiger partial charge in [-0.25, -0.2) is 9.67 Å². The van der Waals surface area contributed by atoms with Gasteiger partial charge in [0.15, 0.2) is 5.76 Å². The summed E-state index contributed by atoms with van der Waals surface area (Å²) in [4.78, 5) is 14.5. The highest BCUT2D eigenvalue weighted by Crippen LogP contribution is 2.28. The monoisotopic (exact) mass is 408 g/mol. The number of furan rings is 1. The summed E-state index contributed by atoms with van der Waals surface area (Å²) in [6, 6.07) is 15.3. The van der Waals surface area contributed by atoms with Crippen molar-refractivity contribution >= 4 is 29.5 Å². The smallest absolute Gasteiger partial charge is 0.399 e. The molecule has 0 radical (unpaired) electrons. The number of benzene rings is 1. The normalized spacial score (nSPS) is 11.1. The lowest BCUT2D eigenvalue weighted by Gasteiger charge is -2.00. The van der Waals surface area contributed by atoms with Crippen molar-refractivity contribution in [3.8, 4) is 17.1 Å². The molecule has 4 aromatic rings. The summed E-state index contributed by atoms with van der Waals surface area (Å²) in [6.07, 6.45) is 4.91. The zero-order valence-corrected chi connectivity index (χ0v) is 15.5. The minimum atomic E-state index is -0.601. The van der Waals surface area contributed by atoms with Crippen molar-refractivity contribution in [1.29, 1.82) is 0 Å². The number of pyridine rings is 1. The summed E-state index contributed by atoms with van der Waals surface area (Å²) >= 11 is 5.95. The number of hydrogen-bond donors (Lipinski definition) is 1. The van der Waals surface area contributed by atoms with E-state index >= 15 is 0 Å². The Hall–Kier alpha value is -3.98. The van der Waals surface area contributed by atoms with Crippen molar-refractivity contribution < 1.29 is 9.34 Å². The van der Waals surface area contributed by atoms with E-state index in [-0.39, 0.29) is 11.6 Å². The first-order chi connectivity index (χ1) is 14.1. The van der Waals surface area contributed by atoms with Gasteiger partial charge in [-0.2, -0.15) is 10.2 Å². The topological polar surface area (TPSA) is 111 Å². The van der Waals surface area contributed by atoms with Crippen LogP contribution in [0.1, 0.15) is 5.56 Å². The zero-order chi connectivity index (χ0) is 20.2. The summed E-state index contributed by atoms with van der Waals surface area (Å²) in [5, 5.41) is 20.2. The maximum Gasteiger partial charge on any atom is 0.433 e. The summed E-state index contributed by atoms with van der Waals surface area (Å²) in [6.45, 7) is 0. The number of halogens is 1. The fraction of sp³-hybridized carbons (Fsp3) is 0. The van der Waals surface area contributed by atoms with Gasteiger partial charge in [0.2, 0.25) is 0 Å². The molecular formula is C19H13ClN6O3. The lowest BCUT2D eigenvalue weighted by molar-refractivity contribution is -0.401. The standard InChI is InChI=1S/C19H13ClN6O3/c20-14-4-6-15(7-5-14)25-12-13(11-22-23-17-3-1-2-10-21-17)19(24-25)16-8-9-18(29-16)26(27)28/h1-12H,(H,21,23). The van der Waals surface area contributed by atoms with E-state index in [1.165, 1.54) is 18.3 Å². The largest absolute Gasteiger partial charge is 0.433 e. The molecule has 0 spiro atoms. The van der Waals surface area contributed by atoms with Crippen LogP contribution in [0.4, 0.5) is 11.7 Å². The lowest BCUT2D eigenvalue weighted by atomic mass is 10.2. The number of aromatic nitrogens is 3. The molecule has 3 aromatic heterocycles. The number of hydrazone groups is 1. The van der Waals surface area contributed by atoms with Crippen LogP contribution >= 0.6 is 11.6 Å². The van der Waals surface area contributed by atoms with Gasteiger partial charge in [0.25, 0.3) is 0 Å². The van der Waals surface area contributed by atoms with E-state index in [0.717, 1.165) is 5.69 Å². The molecule has 29 heavy (non-hydrogen) atoms. The molecule has 4 rings (SSSR count). The molecule has 0 aliphatic rings. The first kappa shape index (κ1) is 18.4. The van der Waals surface area contributed by atoms with E-state index in [0.29, 0.717) is 22.1 Å². The second-order valence-electron chi connectivity index (χ2n) is 5.83. The van der Waals surface area contributed by atoms with Crippen LogP contribution < -0.4 is 5.43 Å². The minimum absolute atomic E-state index is 0.253. The number of nitro groups is 1. The summed E-state index contributed by atoms with van der Waals surface area (Å²) in [5.74, 6) is 0.461. The molecule has 9 nitrogen and oxygen atoms in total. The molecule has 0 saturated heterocycles. The average Bonchev–Trinajstić information content (AvgIpc) is 3.37. The number of nitrogens with one attached hydrogen (secondary N) is 1. The predicted molar refractivity (Wildman–Crippen MR) is 108 cm³/mol. The highest BCUT2D eigenvalue weighted by atomic mass is 35.5. The zero-order valence-electron chi connectivity index (χ0n) is 14.8. The fourth-order valence-corrected chi connectivity index (χ4v) is 2.68. The van der Waals surface area contributed by atoms with E-state index < -0.39 is 4.92 Å². The second-order valence-corrected chi connectivity index (χ2v) is 6.27. The molecule has 144 valence electrons. The Labute approximate surface area is 169 Å². The molecule has 10 heteroatoms. The van der Waals surface area contributed by atoms with Crippen molar-refractivity contribution in [3.05, 3.63) is 87.7 Å². The Morgan fingerprint density at radius 2 is 2.00 bits per heavy atom. The lowest BCUT2D eigenvalue weighted by Crippen LogP contribution is -1.94. The quantitative estimate of drug-likeness (QED) is 0.285. The molecule has 0 fully saturated rings. The summed E-state index contributed by atoms with van der Waals surface area (Å²) in [7, 11) is 0. The SMILES string of the molecule is O=[N+]([O-])c1ccc(-c2nn(-c3ccc(Cl)cc3)cc2C=NNc2ccccn2)o1. The third kappa shape index (κ3) is 4.14. The van der Waals surface area contributed by atoms with Gasteiger partial charge in [-0.05, 0) is 42.5 Å². The maximum atomic E-state index is 10.9. The van der Waals surface area contributed by atoms with Crippen LogP contribution in [-0.2, 0) is 0 Å². The highest BCUT2D eigenvalue weighted by Gasteiger charge is 2.18. The molecule has 3 heterocycles. The second kappa shape index (κ2) is 7.95. The molecule has 0 bridgehead atoms. The summed E-state index contributed by atoms with van der Waals surface area (Å²) in [5.41, 5.74) is 4.57. The summed E-state index contributed by atoms with van der Waals surface area (Å²) < 4.78 is 6.93. The van der Waals surface area contributed by atoms with Crippen LogP contribution in [0.25, 0.3) is 17.1 Å². The number of rotatable bonds is 6. The Morgan fingerprint density at radius 3 is 2.69 bits per heavy atom. The van der Waals surface area contributed by atoms with Gasteiger partial charge >= 0.3 is 5.88 Å². The van der Waals surface area contributed by atoms with Crippen LogP contribution in [0.3, 0.4) is 0 Å². The molecule has 0 saturated carbocycles. The van der Waals surface area contributed by atoms with Crippen molar-refractivity contribution in [3.63, 3.8) is 0 Å². The van der Waals surface area contributed by atoms with Crippen molar-refractivity contribution in [2.45, 2.75) is 0 Å². The van der Waals surface area contributed by atoms with Crippen molar-refractivity contribution in [1.82, 2.24) is 14.8 Å².